The van der Waals surface area contributed by atoms with Gasteiger partial charge >= 0.3 is 0 Å². The van der Waals surface area contributed by atoms with Gasteiger partial charge in [0.2, 0.25) is 5.91 Å². The molecular weight excluding hydrogens is 382 g/mol. The minimum Gasteiger partial charge on any atom is -0.350 e. The number of hydrogen-bond donors (Lipinski definition) is 1. The largest absolute Gasteiger partial charge is 0.350 e. The molecule has 0 unspecified atom stereocenters. The van der Waals surface area contributed by atoms with Crippen LogP contribution in [0.3, 0.4) is 0 Å². The second kappa shape index (κ2) is 8.66. The minimum atomic E-state index is 0.130. The van der Waals surface area contributed by atoms with Gasteiger partial charge in [-0.3, -0.25) is 9.59 Å². The highest BCUT2D eigenvalue weighted by molar-refractivity contribution is 7.09. The van der Waals surface area contributed by atoms with Crippen molar-refractivity contribution in [3.8, 4) is 0 Å². The van der Waals surface area contributed by atoms with Crippen molar-refractivity contribution in [2.45, 2.75) is 58.4 Å². The van der Waals surface area contributed by atoms with Gasteiger partial charge in [0.15, 0.2) is 0 Å². The van der Waals surface area contributed by atoms with Gasteiger partial charge in [-0.2, -0.15) is 0 Å². The number of aryl methyl sites for hydroxylation is 2. The molecule has 154 valence electrons. The highest BCUT2D eigenvalue weighted by Crippen LogP contribution is 2.31. The summed E-state index contributed by atoms with van der Waals surface area (Å²) >= 11 is 1.68. The molecule has 6 heteroatoms. The number of carbonyl (C=O) groups is 2. The predicted octanol–water partition coefficient (Wildman–Crippen LogP) is 4.20. The van der Waals surface area contributed by atoms with Crippen LogP contribution in [0.2, 0.25) is 0 Å². The maximum atomic E-state index is 12.8. The van der Waals surface area contributed by atoms with Crippen LogP contribution in [-0.2, 0) is 11.3 Å². The summed E-state index contributed by atoms with van der Waals surface area (Å²) in [5.74, 6) is 0.918. The van der Waals surface area contributed by atoms with E-state index in [1.807, 2.05) is 30.0 Å². The van der Waals surface area contributed by atoms with Crippen molar-refractivity contribution >= 4 is 23.2 Å². The Morgan fingerprint density at radius 2 is 1.90 bits per heavy atom. The number of piperidine rings is 1. The maximum Gasteiger partial charge on any atom is 0.253 e. The van der Waals surface area contributed by atoms with Gasteiger partial charge in [0.05, 0.1) is 17.2 Å². The first-order valence-electron chi connectivity index (χ1n) is 10.6. The van der Waals surface area contributed by atoms with Crippen LogP contribution in [0.5, 0.6) is 0 Å². The van der Waals surface area contributed by atoms with Gasteiger partial charge in [-0.15, -0.1) is 11.3 Å². The predicted molar refractivity (Wildman–Crippen MR) is 115 cm³/mol. The molecule has 2 heterocycles. The normalized spacial score (nSPS) is 17.8. The zero-order valence-electron chi connectivity index (χ0n) is 17.2. The van der Waals surface area contributed by atoms with Gasteiger partial charge < -0.3 is 10.2 Å². The molecule has 2 aromatic rings. The molecule has 0 spiro atoms. The monoisotopic (exact) mass is 411 g/mol. The van der Waals surface area contributed by atoms with E-state index in [1.165, 1.54) is 12.0 Å². The van der Waals surface area contributed by atoms with Crippen LogP contribution in [-0.4, -0.2) is 34.8 Å². The molecule has 2 fully saturated rings. The van der Waals surface area contributed by atoms with E-state index in [4.69, 9.17) is 4.98 Å². The van der Waals surface area contributed by atoms with Crippen molar-refractivity contribution in [3.63, 3.8) is 0 Å². The quantitative estimate of drug-likeness (QED) is 0.802. The Balaban J connectivity index is 1.29. The highest BCUT2D eigenvalue weighted by atomic mass is 32.1. The molecule has 1 aromatic carbocycles. The molecule has 1 aliphatic heterocycles. The molecular formula is C23H29N3O2S. The van der Waals surface area contributed by atoms with Crippen LogP contribution in [0.1, 0.15) is 70.2 Å². The van der Waals surface area contributed by atoms with Crippen LogP contribution in [0.25, 0.3) is 0 Å². The Labute approximate surface area is 176 Å². The van der Waals surface area contributed by atoms with Gasteiger partial charge in [-0.25, -0.2) is 4.98 Å². The topological polar surface area (TPSA) is 62.3 Å². The standard InChI is InChI=1S/C23H29N3O2S/c1-15-6-7-19(12-16(15)2)23(28)26-10-8-18(9-11-26)22-25-20(14-29-22)13-24-21(27)17-4-3-5-17/h6-7,12,14,17-18H,3-5,8-11,13H2,1-2H3,(H,24,27). The number of nitrogens with one attached hydrogen (secondary N) is 1. The fourth-order valence-corrected chi connectivity index (χ4v) is 4.96. The molecule has 1 saturated carbocycles. The highest BCUT2D eigenvalue weighted by Gasteiger charge is 2.27. The van der Waals surface area contributed by atoms with Gasteiger partial charge in [0, 0.05) is 35.9 Å². The molecule has 1 aliphatic carbocycles. The summed E-state index contributed by atoms with van der Waals surface area (Å²) in [7, 11) is 0. The van der Waals surface area contributed by atoms with Crippen molar-refractivity contribution in [2.75, 3.05) is 13.1 Å². The Morgan fingerprint density at radius 3 is 2.55 bits per heavy atom. The molecule has 4 rings (SSSR count). The van der Waals surface area contributed by atoms with Crippen LogP contribution in [0.4, 0.5) is 0 Å². The summed E-state index contributed by atoms with van der Waals surface area (Å²) in [6, 6.07) is 5.95. The van der Waals surface area contributed by atoms with Gasteiger partial charge in [0.1, 0.15) is 0 Å². The fourth-order valence-electron chi connectivity index (χ4n) is 3.97. The van der Waals surface area contributed by atoms with Crippen molar-refractivity contribution in [2.24, 2.45) is 5.92 Å². The molecule has 1 saturated heterocycles. The van der Waals surface area contributed by atoms with E-state index < -0.39 is 0 Å². The van der Waals surface area contributed by atoms with Crippen molar-refractivity contribution < 1.29 is 9.59 Å². The SMILES string of the molecule is Cc1ccc(C(=O)N2CCC(c3nc(CNC(=O)C4CCC4)cs3)CC2)cc1C. The summed E-state index contributed by atoms with van der Waals surface area (Å²) in [4.78, 5) is 31.5. The summed E-state index contributed by atoms with van der Waals surface area (Å²) < 4.78 is 0. The number of likely N-dealkylation sites (tertiary alicyclic amines) is 1. The fraction of sp³-hybridized carbons (Fsp3) is 0.522. The molecule has 0 bridgehead atoms. The lowest BCUT2D eigenvalue weighted by atomic mass is 9.85. The number of rotatable bonds is 5. The molecule has 1 N–H and O–H groups in total. The minimum absolute atomic E-state index is 0.130. The third-order valence-corrected chi connectivity index (χ3v) is 7.43. The Morgan fingerprint density at radius 1 is 1.14 bits per heavy atom. The van der Waals surface area contributed by atoms with Crippen molar-refractivity contribution in [1.82, 2.24) is 15.2 Å². The third-order valence-electron chi connectivity index (χ3n) is 6.37. The van der Waals surface area contributed by atoms with E-state index in [0.29, 0.717) is 12.5 Å². The Kier molecular flexibility index (Phi) is 5.99. The van der Waals surface area contributed by atoms with Crippen LogP contribution in [0, 0.1) is 19.8 Å². The summed E-state index contributed by atoms with van der Waals surface area (Å²) in [5.41, 5.74) is 4.10. The summed E-state index contributed by atoms with van der Waals surface area (Å²) in [6.07, 6.45) is 5.10. The first kappa shape index (κ1) is 20.1. The third kappa shape index (κ3) is 4.53. The second-order valence-corrected chi connectivity index (χ2v) is 9.28. The smallest absolute Gasteiger partial charge is 0.253 e. The van der Waals surface area contributed by atoms with Crippen LogP contribution in [0.15, 0.2) is 23.6 Å². The van der Waals surface area contributed by atoms with Crippen LogP contribution >= 0.6 is 11.3 Å². The molecule has 2 amide bonds. The number of nitrogens with zero attached hydrogens (tertiary/aromatic N) is 2. The lowest BCUT2D eigenvalue weighted by molar-refractivity contribution is -0.127. The summed E-state index contributed by atoms with van der Waals surface area (Å²) in [5, 5.41) is 6.21. The summed E-state index contributed by atoms with van der Waals surface area (Å²) in [6.45, 7) is 6.17. The Hall–Kier alpha value is -2.21. The zero-order chi connectivity index (χ0) is 20.4. The lowest BCUT2D eigenvalue weighted by Crippen LogP contribution is -2.38. The van der Waals surface area contributed by atoms with Gasteiger partial charge in [-0.05, 0) is 62.8 Å². The van der Waals surface area contributed by atoms with Crippen molar-refractivity contribution in [1.29, 1.82) is 0 Å². The van der Waals surface area contributed by atoms with Gasteiger partial charge in [0.25, 0.3) is 5.91 Å². The number of carbonyl (C=O) groups excluding carboxylic acids is 2. The van der Waals surface area contributed by atoms with E-state index in [2.05, 4.69) is 17.6 Å². The van der Waals surface area contributed by atoms with Crippen molar-refractivity contribution in [3.05, 3.63) is 51.0 Å². The van der Waals surface area contributed by atoms with E-state index in [1.54, 1.807) is 11.3 Å². The van der Waals surface area contributed by atoms with E-state index in [-0.39, 0.29) is 17.7 Å². The van der Waals surface area contributed by atoms with E-state index in [9.17, 15) is 9.59 Å². The molecule has 0 radical (unpaired) electrons. The van der Waals surface area contributed by atoms with Gasteiger partial charge in [-0.1, -0.05) is 12.5 Å². The number of aromatic nitrogens is 1. The average molecular weight is 412 g/mol. The number of amides is 2. The Bertz CT molecular complexity index is 895. The number of thiazole rings is 1. The number of hydrogen-bond acceptors (Lipinski definition) is 4. The molecule has 1 aromatic heterocycles. The molecule has 2 aliphatic rings. The first-order chi connectivity index (χ1) is 14.0. The molecule has 29 heavy (non-hydrogen) atoms. The average Bonchev–Trinajstić information content (AvgIpc) is 3.16. The van der Waals surface area contributed by atoms with E-state index in [0.717, 1.165) is 60.6 Å². The molecule has 5 nitrogen and oxygen atoms in total. The first-order valence-corrected chi connectivity index (χ1v) is 11.5. The maximum absolute atomic E-state index is 12.8. The second-order valence-electron chi connectivity index (χ2n) is 8.39. The zero-order valence-corrected chi connectivity index (χ0v) is 18.1. The number of benzene rings is 1. The lowest BCUT2D eigenvalue weighted by Gasteiger charge is -2.31. The van der Waals surface area contributed by atoms with E-state index >= 15 is 0 Å². The molecule has 0 atom stereocenters. The van der Waals surface area contributed by atoms with Crippen LogP contribution < -0.4 is 5.32 Å².